The van der Waals surface area contributed by atoms with E-state index < -0.39 is 6.09 Å². The second kappa shape index (κ2) is 4.67. The summed E-state index contributed by atoms with van der Waals surface area (Å²) in [7, 11) is 1.34. The lowest BCUT2D eigenvalue weighted by molar-refractivity contribution is 0.170. The molecule has 17 heavy (non-hydrogen) atoms. The van der Waals surface area contributed by atoms with Gasteiger partial charge in [0.05, 0.1) is 13.7 Å². The molecule has 1 aromatic heterocycles. The van der Waals surface area contributed by atoms with Gasteiger partial charge in [-0.15, -0.1) is 0 Å². The van der Waals surface area contributed by atoms with Crippen LogP contribution in [0.2, 0.25) is 5.02 Å². The summed E-state index contributed by atoms with van der Waals surface area (Å²) in [5.41, 5.74) is 2.94. The zero-order valence-corrected chi connectivity index (χ0v) is 10.4. The van der Waals surface area contributed by atoms with Gasteiger partial charge in [-0.1, -0.05) is 11.6 Å². The van der Waals surface area contributed by atoms with E-state index in [0.29, 0.717) is 6.54 Å². The lowest BCUT2D eigenvalue weighted by Gasteiger charge is -2.00. The highest BCUT2D eigenvalue weighted by molar-refractivity contribution is 6.32. The summed E-state index contributed by atoms with van der Waals surface area (Å²) in [6.07, 6.45) is -0.446. The predicted octanol–water partition coefficient (Wildman–Crippen LogP) is 2.99. The zero-order valence-electron chi connectivity index (χ0n) is 9.63. The second-order valence-electron chi connectivity index (χ2n) is 3.83. The van der Waals surface area contributed by atoms with E-state index in [2.05, 4.69) is 15.0 Å². The van der Waals surface area contributed by atoms with Crippen LogP contribution in [0.15, 0.2) is 18.2 Å². The Bertz CT molecular complexity index is 524. The van der Waals surface area contributed by atoms with Crippen LogP contribution in [-0.4, -0.2) is 18.2 Å². The molecule has 0 unspecified atom stereocenters. The van der Waals surface area contributed by atoms with Crippen LogP contribution in [0.4, 0.5) is 4.79 Å². The topological polar surface area (TPSA) is 54.1 Å². The van der Waals surface area contributed by atoms with Gasteiger partial charge in [0.25, 0.3) is 0 Å². The molecule has 0 spiro atoms. The first-order valence-electron chi connectivity index (χ1n) is 5.19. The van der Waals surface area contributed by atoms with Crippen molar-refractivity contribution in [2.45, 2.75) is 13.5 Å². The molecular formula is C12H13ClN2O2. The molecule has 1 heterocycles. The summed E-state index contributed by atoms with van der Waals surface area (Å²) in [4.78, 5) is 14.2. The molecule has 0 atom stereocenters. The van der Waals surface area contributed by atoms with Crippen molar-refractivity contribution in [3.63, 3.8) is 0 Å². The van der Waals surface area contributed by atoms with Crippen molar-refractivity contribution in [3.05, 3.63) is 34.5 Å². The molecule has 2 rings (SSSR count). The number of fused-ring (bicyclic) bond motifs is 1. The number of H-pyrrole nitrogens is 1. The summed E-state index contributed by atoms with van der Waals surface area (Å²) in [6.45, 7) is 2.35. The van der Waals surface area contributed by atoms with Gasteiger partial charge < -0.3 is 15.0 Å². The van der Waals surface area contributed by atoms with Crippen LogP contribution in [0, 0.1) is 6.92 Å². The van der Waals surface area contributed by atoms with Crippen LogP contribution in [-0.2, 0) is 11.3 Å². The smallest absolute Gasteiger partial charge is 0.407 e. The summed E-state index contributed by atoms with van der Waals surface area (Å²) >= 11 is 6.04. The van der Waals surface area contributed by atoms with Crippen LogP contribution in [0.5, 0.6) is 0 Å². The Balaban J connectivity index is 2.23. The van der Waals surface area contributed by atoms with Gasteiger partial charge in [0.15, 0.2) is 0 Å². The van der Waals surface area contributed by atoms with E-state index in [1.807, 2.05) is 25.1 Å². The molecular weight excluding hydrogens is 240 g/mol. The predicted molar refractivity (Wildman–Crippen MR) is 67.3 cm³/mol. The van der Waals surface area contributed by atoms with E-state index in [-0.39, 0.29) is 0 Å². The monoisotopic (exact) mass is 252 g/mol. The Morgan fingerprint density at radius 2 is 2.24 bits per heavy atom. The van der Waals surface area contributed by atoms with Gasteiger partial charge in [-0.05, 0) is 30.7 Å². The number of nitrogens with one attached hydrogen (secondary N) is 2. The number of hydrogen-bond acceptors (Lipinski definition) is 2. The van der Waals surface area contributed by atoms with Crippen LogP contribution < -0.4 is 5.32 Å². The fourth-order valence-electron chi connectivity index (χ4n) is 1.66. The lowest BCUT2D eigenvalue weighted by Crippen LogP contribution is -2.22. The third-order valence-electron chi connectivity index (χ3n) is 2.56. The van der Waals surface area contributed by atoms with Gasteiger partial charge in [-0.3, -0.25) is 0 Å². The Kier molecular flexibility index (Phi) is 3.24. The van der Waals surface area contributed by atoms with Crippen molar-refractivity contribution < 1.29 is 9.53 Å². The van der Waals surface area contributed by atoms with Crippen LogP contribution in [0.25, 0.3) is 10.9 Å². The number of aryl methyl sites for hydroxylation is 1. The van der Waals surface area contributed by atoms with Gasteiger partial charge in [0, 0.05) is 21.6 Å². The van der Waals surface area contributed by atoms with Gasteiger partial charge in [0.2, 0.25) is 0 Å². The fraction of sp³-hybridized carbons (Fsp3) is 0.250. The van der Waals surface area contributed by atoms with Crippen LogP contribution >= 0.6 is 11.6 Å². The van der Waals surface area contributed by atoms with Gasteiger partial charge in [-0.2, -0.15) is 0 Å². The zero-order chi connectivity index (χ0) is 12.4. The minimum absolute atomic E-state index is 0.401. The molecule has 0 bridgehead atoms. The van der Waals surface area contributed by atoms with Gasteiger partial charge in [0.1, 0.15) is 0 Å². The number of aromatic nitrogens is 1. The summed E-state index contributed by atoms with van der Waals surface area (Å²) in [5, 5.41) is 4.38. The molecule has 0 saturated carbocycles. The van der Waals surface area contributed by atoms with Crippen LogP contribution in [0.3, 0.4) is 0 Å². The number of alkyl carbamates (subject to hydrolysis) is 1. The normalized spacial score (nSPS) is 10.5. The molecule has 2 aromatic rings. The van der Waals surface area contributed by atoms with Crippen molar-refractivity contribution >= 4 is 28.6 Å². The molecule has 90 valence electrons. The maximum Gasteiger partial charge on any atom is 0.407 e. The highest BCUT2D eigenvalue weighted by Crippen LogP contribution is 2.23. The number of amides is 1. The average molecular weight is 253 g/mol. The molecule has 1 amide bonds. The van der Waals surface area contributed by atoms with E-state index >= 15 is 0 Å². The molecule has 0 radical (unpaired) electrons. The Hall–Kier alpha value is -1.68. The third kappa shape index (κ3) is 2.53. The number of benzene rings is 1. The SMILES string of the molecule is COC(=O)NCc1cc2cc(Cl)c(C)cc2[nH]1. The molecule has 0 saturated heterocycles. The van der Waals surface area contributed by atoms with Gasteiger partial charge in [-0.25, -0.2) is 4.79 Å². The Morgan fingerprint density at radius 1 is 1.47 bits per heavy atom. The second-order valence-corrected chi connectivity index (χ2v) is 4.24. The standard InChI is InChI=1S/C12H13ClN2O2/c1-7-3-11-8(5-10(7)13)4-9(15-11)6-14-12(16)17-2/h3-5,15H,6H2,1-2H3,(H,14,16). The highest BCUT2D eigenvalue weighted by Gasteiger charge is 2.05. The molecule has 0 fully saturated rings. The van der Waals surface area contributed by atoms with E-state index in [1.165, 1.54) is 7.11 Å². The maximum absolute atomic E-state index is 10.9. The first-order chi connectivity index (χ1) is 8.10. The van der Waals surface area contributed by atoms with Gasteiger partial charge >= 0.3 is 6.09 Å². The number of hydrogen-bond donors (Lipinski definition) is 2. The minimum Gasteiger partial charge on any atom is -0.453 e. The minimum atomic E-state index is -0.446. The van der Waals surface area contributed by atoms with E-state index in [4.69, 9.17) is 11.6 Å². The number of carbonyl (C=O) groups is 1. The van der Waals surface area contributed by atoms with Crippen LogP contribution in [0.1, 0.15) is 11.3 Å². The molecule has 0 aliphatic heterocycles. The van der Waals surface area contributed by atoms with E-state index in [0.717, 1.165) is 27.2 Å². The van der Waals surface area contributed by atoms with Crippen molar-refractivity contribution in [1.82, 2.24) is 10.3 Å². The summed E-state index contributed by atoms with van der Waals surface area (Å²) in [6, 6.07) is 5.85. The maximum atomic E-state index is 10.9. The van der Waals surface area contributed by atoms with E-state index in [1.54, 1.807) is 0 Å². The number of ether oxygens (including phenoxy) is 1. The largest absolute Gasteiger partial charge is 0.453 e. The number of aromatic amines is 1. The van der Waals surface area contributed by atoms with Crippen molar-refractivity contribution in [2.24, 2.45) is 0 Å². The fourth-order valence-corrected chi connectivity index (χ4v) is 1.83. The molecule has 1 aromatic carbocycles. The van der Waals surface area contributed by atoms with Crippen molar-refractivity contribution in [1.29, 1.82) is 0 Å². The van der Waals surface area contributed by atoms with Crippen molar-refractivity contribution in [3.8, 4) is 0 Å². The Labute approximate surface area is 104 Å². The highest BCUT2D eigenvalue weighted by atomic mass is 35.5. The molecule has 0 aliphatic rings. The van der Waals surface area contributed by atoms with E-state index in [9.17, 15) is 4.79 Å². The van der Waals surface area contributed by atoms with Crippen molar-refractivity contribution in [2.75, 3.05) is 7.11 Å². The molecule has 2 N–H and O–H groups in total. The third-order valence-corrected chi connectivity index (χ3v) is 2.97. The first kappa shape index (κ1) is 11.8. The lowest BCUT2D eigenvalue weighted by atomic mass is 10.2. The number of carbonyl (C=O) groups excluding carboxylic acids is 1. The number of methoxy groups -OCH3 is 1. The summed E-state index contributed by atoms with van der Waals surface area (Å²) in [5.74, 6) is 0. The molecule has 0 aliphatic carbocycles. The Morgan fingerprint density at radius 3 is 2.94 bits per heavy atom. The number of halogens is 1. The molecule has 4 nitrogen and oxygen atoms in total. The quantitative estimate of drug-likeness (QED) is 0.863. The summed E-state index contributed by atoms with van der Waals surface area (Å²) < 4.78 is 4.50. The molecule has 5 heteroatoms. The number of rotatable bonds is 2. The first-order valence-corrected chi connectivity index (χ1v) is 5.57. The average Bonchev–Trinajstić information content (AvgIpc) is 2.68.